The van der Waals surface area contributed by atoms with Gasteiger partial charge in [-0.2, -0.15) is 5.10 Å². The van der Waals surface area contributed by atoms with E-state index < -0.39 is 0 Å². The number of carbonyl (C=O) groups excluding carboxylic acids is 1. The van der Waals surface area contributed by atoms with Crippen molar-refractivity contribution in [2.45, 2.75) is 18.9 Å². The summed E-state index contributed by atoms with van der Waals surface area (Å²) in [6.07, 6.45) is 2.23. The van der Waals surface area contributed by atoms with Crippen LogP contribution in [0.1, 0.15) is 28.3 Å². The van der Waals surface area contributed by atoms with Crippen molar-refractivity contribution in [1.29, 1.82) is 0 Å². The highest BCUT2D eigenvalue weighted by atomic mass is 32.1. The quantitative estimate of drug-likeness (QED) is 0.748. The number of nitrogens with zero attached hydrogens (tertiary/aromatic N) is 2. The van der Waals surface area contributed by atoms with Gasteiger partial charge in [-0.3, -0.25) is 4.79 Å². The highest BCUT2D eigenvalue weighted by Crippen LogP contribution is 2.40. The average Bonchev–Trinajstić information content (AvgIpc) is 3.31. The minimum Gasteiger partial charge on any atom is -0.493 e. The summed E-state index contributed by atoms with van der Waals surface area (Å²) in [5.41, 5.74) is 2.03. The number of amides is 1. The number of ether oxygens (including phenoxy) is 2. The molecule has 1 atom stereocenters. The number of hydrogen-bond donors (Lipinski definition) is 1. The molecule has 7 heteroatoms. The predicted molar refractivity (Wildman–Crippen MR) is 100 cm³/mol. The van der Waals surface area contributed by atoms with E-state index in [2.05, 4.69) is 16.5 Å². The number of fused-ring (bicyclic) bond motifs is 1. The lowest BCUT2D eigenvalue weighted by Crippen LogP contribution is -2.25. The number of carbonyl (C=O) groups is 1. The van der Waals surface area contributed by atoms with Crippen LogP contribution in [-0.4, -0.2) is 29.9 Å². The van der Waals surface area contributed by atoms with Crippen molar-refractivity contribution < 1.29 is 14.3 Å². The Morgan fingerprint density at radius 2 is 2.12 bits per heavy atom. The van der Waals surface area contributed by atoms with Gasteiger partial charge in [0.25, 0.3) is 0 Å². The molecule has 1 aliphatic rings. The van der Waals surface area contributed by atoms with E-state index in [-0.39, 0.29) is 11.8 Å². The first-order valence-electron chi connectivity index (χ1n) is 8.29. The Bertz CT molecular complexity index is 934. The van der Waals surface area contributed by atoms with Gasteiger partial charge in [0, 0.05) is 22.8 Å². The number of benzene rings is 1. The molecule has 0 saturated heterocycles. The van der Waals surface area contributed by atoms with Crippen LogP contribution in [0.15, 0.2) is 41.9 Å². The zero-order valence-electron chi connectivity index (χ0n) is 14.6. The minimum absolute atomic E-state index is 0.00906. The summed E-state index contributed by atoms with van der Waals surface area (Å²) < 4.78 is 12.6. The van der Waals surface area contributed by atoms with Gasteiger partial charge in [-0.05, 0) is 29.1 Å². The Morgan fingerprint density at radius 1 is 1.27 bits per heavy atom. The zero-order valence-corrected chi connectivity index (χ0v) is 15.4. The monoisotopic (exact) mass is 369 g/mol. The van der Waals surface area contributed by atoms with Crippen molar-refractivity contribution in [1.82, 2.24) is 9.78 Å². The summed E-state index contributed by atoms with van der Waals surface area (Å²) >= 11 is 1.67. The van der Waals surface area contributed by atoms with Crippen molar-refractivity contribution in [2.24, 2.45) is 0 Å². The Morgan fingerprint density at radius 3 is 2.85 bits per heavy atom. The molecule has 134 valence electrons. The molecule has 1 aromatic carbocycles. The molecule has 3 aromatic rings. The smallest absolute Gasteiger partial charge is 0.226 e. The van der Waals surface area contributed by atoms with Gasteiger partial charge in [-0.25, -0.2) is 4.68 Å². The van der Waals surface area contributed by atoms with E-state index in [0.29, 0.717) is 24.5 Å². The molecule has 0 aliphatic carbocycles. The molecule has 0 radical (unpaired) electrons. The van der Waals surface area contributed by atoms with E-state index in [0.717, 1.165) is 16.9 Å². The lowest BCUT2D eigenvalue weighted by molar-refractivity contribution is -0.116. The maximum atomic E-state index is 12.3. The first-order valence-corrected chi connectivity index (χ1v) is 9.17. The van der Waals surface area contributed by atoms with Gasteiger partial charge < -0.3 is 14.8 Å². The third-order valence-corrected chi connectivity index (χ3v) is 5.45. The molecule has 0 spiro atoms. The molecule has 1 N–H and O–H groups in total. The SMILES string of the molecule is COc1ccc([C@H]2CC(=O)Nc3c2cnn3Cc2cccs2)cc1OC. The van der Waals surface area contributed by atoms with Crippen LogP contribution >= 0.6 is 11.3 Å². The molecule has 1 aliphatic heterocycles. The predicted octanol–water partition coefficient (Wildman–Crippen LogP) is 3.48. The topological polar surface area (TPSA) is 65.4 Å². The highest BCUT2D eigenvalue weighted by molar-refractivity contribution is 7.09. The maximum absolute atomic E-state index is 12.3. The van der Waals surface area contributed by atoms with Crippen LogP contribution in [0, 0.1) is 0 Å². The summed E-state index contributed by atoms with van der Waals surface area (Å²) in [7, 11) is 3.22. The van der Waals surface area contributed by atoms with E-state index in [1.165, 1.54) is 4.88 Å². The van der Waals surface area contributed by atoms with Crippen molar-refractivity contribution in [2.75, 3.05) is 19.5 Å². The first-order chi connectivity index (χ1) is 12.7. The average molecular weight is 369 g/mol. The van der Waals surface area contributed by atoms with Crippen LogP contribution in [0.2, 0.25) is 0 Å². The highest BCUT2D eigenvalue weighted by Gasteiger charge is 2.30. The fraction of sp³-hybridized carbons (Fsp3) is 0.263. The number of hydrogen-bond acceptors (Lipinski definition) is 5. The normalized spacial score (nSPS) is 16.1. The van der Waals surface area contributed by atoms with Gasteiger partial charge in [0.2, 0.25) is 5.91 Å². The molecule has 26 heavy (non-hydrogen) atoms. The lowest BCUT2D eigenvalue weighted by atomic mass is 9.87. The largest absolute Gasteiger partial charge is 0.493 e. The summed E-state index contributed by atoms with van der Waals surface area (Å²) in [5, 5.41) is 9.53. The molecular weight excluding hydrogens is 350 g/mol. The number of anilines is 1. The van der Waals surface area contributed by atoms with E-state index >= 15 is 0 Å². The molecule has 0 saturated carbocycles. The van der Waals surface area contributed by atoms with Crippen LogP contribution < -0.4 is 14.8 Å². The van der Waals surface area contributed by atoms with E-state index in [4.69, 9.17) is 9.47 Å². The molecule has 6 nitrogen and oxygen atoms in total. The Balaban J connectivity index is 1.72. The van der Waals surface area contributed by atoms with E-state index in [1.54, 1.807) is 25.6 Å². The second-order valence-electron chi connectivity index (χ2n) is 6.10. The summed E-state index contributed by atoms with van der Waals surface area (Å²) in [6, 6.07) is 9.86. The summed E-state index contributed by atoms with van der Waals surface area (Å²) in [4.78, 5) is 13.5. The Hall–Kier alpha value is -2.80. The second-order valence-corrected chi connectivity index (χ2v) is 7.14. The van der Waals surface area contributed by atoms with E-state index in [1.807, 2.05) is 40.5 Å². The van der Waals surface area contributed by atoms with Crippen molar-refractivity contribution >= 4 is 23.1 Å². The molecule has 0 bridgehead atoms. The van der Waals surface area contributed by atoms with Gasteiger partial charge in [0.05, 0.1) is 27.0 Å². The number of aromatic nitrogens is 2. The van der Waals surface area contributed by atoms with Gasteiger partial charge in [-0.15, -0.1) is 11.3 Å². The molecule has 0 unspecified atom stereocenters. The van der Waals surface area contributed by atoms with Gasteiger partial charge >= 0.3 is 0 Å². The Kier molecular flexibility index (Phi) is 4.38. The summed E-state index contributed by atoms with van der Waals surface area (Å²) in [6.45, 7) is 0.645. The van der Waals surface area contributed by atoms with Crippen LogP contribution in [0.5, 0.6) is 11.5 Å². The molecular formula is C19H19N3O3S. The zero-order chi connectivity index (χ0) is 18.1. The van der Waals surface area contributed by atoms with Crippen molar-refractivity contribution in [3.63, 3.8) is 0 Å². The third kappa shape index (κ3) is 2.94. The second kappa shape index (κ2) is 6.84. The van der Waals surface area contributed by atoms with Crippen LogP contribution in [-0.2, 0) is 11.3 Å². The van der Waals surface area contributed by atoms with Crippen molar-refractivity contribution in [3.05, 3.63) is 57.9 Å². The number of nitrogens with one attached hydrogen (secondary N) is 1. The fourth-order valence-electron chi connectivity index (χ4n) is 3.31. The van der Waals surface area contributed by atoms with Crippen LogP contribution in [0.3, 0.4) is 0 Å². The van der Waals surface area contributed by atoms with Crippen LogP contribution in [0.25, 0.3) is 0 Å². The summed E-state index contributed by atoms with van der Waals surface area (Å²) in [5.74, 6) is 2.03. The lowest BCUT2D eigenvalue weighted by Gasteiger charge is -2.24. The number of rotatable bonds is 5. The molecule has 2 aromatic heterocycles. The molecule has 4 rings (SSSR count). The van der Waals surface area contributed by atoms with Gasteiger partial charge in [0.15, 0.2) is 11.5 Å². The molecule has 1 amide bonds. The van der Waals surface area contributed by atoms with Crippen molar-refractivity contribution in [3.8, 4) is 11.5 Å². The molecule has 3 heterocycles. The van der Waals surface area contributed by atoms with Gasteiger partial charge in [0.1, 0.15) is 5.82 Å². The van der Waals surface area contributed by atoms with Crippen LogP contribution in [0.4, 0.5) is 5.82 Å². The maximum Gasteiger partial charge on any atom is 0.226 e. The van der Waals surface area contributed by atoms with Gasteiger partial charge in [-0.1, -0.05) is 12.1 Å². The number of thiophene rings is 1. The fourth-order valence-corrected chi connectivity index (χ4v) is 3.99. The first kappa shape index (κ1) is 16.7. The number of methoxy groups -OCH3 is 2. The molecule has 0 fully saturated rings. The van der Waals surface area contributed by atoms with E-state index in [9.17, 15) is 4.79 Å². The minimum atomic E-state index is -0.0596. The standard InChI is InChI=1S/C19H19N3O3S/c1-24-16-6-5-12(8-17(16)25-2)14-9-18(23)21-19-15(14)10-20-22(19)11-13-4-3-7-26-13/h3-8,10,14H,9,11H2,1-2H3,(H,21,23)/t14-/m1/s1. The third-order valence-electron chi connectivity index (χ3n) is 4.59. The Labute approximate surface area is 155 Å².